The van der Waals surface area contributed by atoms with Gasteiger partial charge in [0.1, 0.15) is 0 Å². The number of nitrogens with one attached hydrogen (secondary N) is 1. The summed E-state index contributed by atoms with van der Waals surface area (Å²) in [6.07, 6.45) is 0. The third kappa shape index (κ3) is 3.44. The molecule has 18 heavy (non-hydrogen) atoms. The molecule has 2 rings (SSSR count). The lowest BCUT2D eigenvalue weighted by Crippen LogP contribution is -2.41. The number of amides is 1. The van der Waals surface area contributed by atoms with E-state index in [0.29, 0.717) is 12.4 Å². The Labute approximate surface area is 105 Å². The fourth-order valence-corrected chi connectivity index (χ4v) is 1.70. The van der Waals surface area contributed by atoms with Crippen molar-refractivity contribution in [3.05, 3.63) is 11.8 Å². The van der Waals surface area contributed by atoms with Crippen LogP contribution in [0.4, 0.5) is 0 Å². The molecule has 1 amide bonds. The van der Waals surface area contributed by atoms with Crippen molar-refractivity contribution in [2.24, 2.45) is 0 Å². The van der Waals surface area contributed by atoms with Gasteiger partial charge in [0.15, 0.2) is 0 Å². The number of methoxy groups -OCH3 is 1. The van der Waals surface area contributed by atoms with Gasteiger partial charge in [-0.3, -0.25) is 9.69 Å². The van der Waals surface area contributed by atoms with E-state index in [-0.39, 0.29) is 11.7 Å². The highest BCUT2D eigenvalue weighted by Gasteiger charge is 2.14. The van der Waals surface area contributed by atoms with Gasteiger partial charge in [0.05, 0.1) is 26.4 Å². The second-order valence-corrected chi connectivity index (χ2v) is 3.94. The minimum atomic E-state index is -0.279. The van der Waals surface area contributed by atoms with E-state index in [2.05, 4.69) is 15.4 Å². The number of rotatable bonds is 5. The summed E-state index contributed by atoms with van der Waals surface area (Å²) in [7, 11) is 1.47. The highest BCUT2D eigenvalue weighted by Crippen LogP contribution is 2.09. The summed E-state index contributed by atoms with van der Waals surface area (Å²) >= 11 is 0. The van der Waals surface area contributed by atoms with Crippen LogP contribution in [0.3, 0.4) is 0 Å². The second-order valence-electron chi connectivity index (χ2n) is 3.94. The summed E-state index contributed by atoms with van der Waals surface area (Å²) in [6, 6.07) is 1.46. The van der Waals surface area contributed by atoms with Crippen LogP contribution in [-0.2, 0) is 4.74 Å². The molecular formula is C11H17N3O4. The van der Waals surface area contributed by atoms with E-state index < -0.39 is 0 Å². The summed E-state index contributed by atoms with van der Waals surface area (Å²) in [5, 5.41) is 6.34. The van der Waals surface area contributed by atoms with E-state index in [1.165, 1.54) is 13.2 Å². The van der Waals surface area contributed by atoms with Gasteiger partial charge >= 0.3 is 0 Å². The molecular weight excluding hydrogens is 238 g/mol. The molecule has 1 saturated heterocycles. The van der Waals surface area contributed by atoms with Crippen molar-refractivity contribution in [2.45, 2.75) is 0 Å². The molecule has 1 N–H and O–H groups in total. The van der Waals surface area contributed by atoms with Crippen LogP contribution in [0.1, 0.15) is 10.6 Å². The first-order chi connectivity index (χ1) is 8.79. The zero-order valence-electron chi connectivity index (χ0n) is 10.3. The first kappa shape index (κ1) is 12.8. The molecule has 0 bridgehead atoms. The molecule has 1 aliphatic rings. The van der Waals surface area contributed by atoms with Gasteiger partial charge in [-0.15, -0.1) is 0 Å². The standard InChI is InChI=1S/C11H17N3O4/c1-16-10-8-9(18-13-10)11(15)12-2-3-14-4-6-17-7-5-14/h8H,2-7H2,1H3,(H,12,15). The largest absolute Gasteiger partial charge is 0.479 e. The van der Waals surface area contributed by atoms with Crippen molar-refractivity contribution in [3.63, 3.8) is 0 Å². The summed E-state index contributed by atoms with van der Waals surface area (Å²) in [4.78, 5) is 13.9. The first-order valence-corrected chi connectivity index (χ1v) is 5.88. The van der Waals surface area contributed by atoms with Crippen molar-refractivity contribution in [1.82, 2.24) is 15.4 Å². The normalized spacial score (nSPS) is 16.5. The Bertz CT molecular complexity index is 387. The zero-order valence-corrected chi connectivity index (χ0v) is 10.3. The van der Waals surface area contributed by atoms with Crippen LogP contribution in [0, 0.1) is 0 Å². The smallest absolute Gasteiger partial charge is 0.290 e. The van der Waals surface area contributed by atoms with Crippen molar-refractivity contribution in [3.8, 4) is 5.88 Å². The fourth-order valence-electron chi connectivity index (χ4n) is 1.70. The summed E-state index contributed by atoms with van der Waals surface area (Å²) < 4.78 is 14.9. The zero-order chi connectivity index (χ0) is 12.8. The van der Waals surface area contributed by atoms with Crippen LogP contribution in [0.25, 0.3) is 0 Å². The van der Waals surface area contributed by atoms with Crippen molar-refractivity contribution < 1.29 is 18.8 Å². The van der Waals surface area contributed by atoms with E-state index in [1.54, 1.807) is 0 Å². The maximum atomic E-state index is 11.7. The highest BCUT2D eigenvalue weighted by molar-refractivity contribution is 5.91. The van der Waals surface area contributed by atoms with Crippen molar-refractivity contribution >= 4 is 5.91 Å². The monoisotopic (exact) mass is 255 g/mol. The lowest BCUT2D eigenvalue weighted by Gasteiger charge is -2.26. The number of carbonyl (C=O) groups is 1. The predicted molar refractivity (Wildman–Crippen MR) is 62.6 cm³/mol. The Hall–Kier alpha value is -1.60. The maximum Gasteiger partial charge on any atom is 0.290 e. The molecule has 0 unspecified atom stereocenters. The Morgan fingerprint density at radius 2 is 2.33 bits per heavy atom. The molecule has 7 nitrogen and oxygen atoms in total. The number of carbonyl (C=O) groups excluding carboxylic acids is 1. The molecule has 1 aromatic heterocycles. The lowest BCUT2D eigenvalue weighted by atomic mass is 10.4. The minimum absolute atomic E-state index is 0.161. The van der Waals surface area contributed by atoms with E-state index >= 15 is 0 Å². The molecule has 0 spiro atoms. The van der Waals surface area contributed by atoms with Crippen LogP contribution in [0.5, 0.6) is 5.88 Å². The maximum absolute atomic E-state index is 11.7. The van der Waals surface area contributed by atoms with Gasteiger partial charge in [-0.05, 0) is 5.16 Å². The van der Waals surface area contributed by atoms with Gasteiger partial charge in [0.25, 0.3) is 11.8 Å². The lowest BCUT2D eigenvalue weighted by molar-refractivity contribution is 0.0382. The molecule has 1 aromatic rings. The van der Waals surface area contributed by atoms with E-state index in [9.17, 15) is 4.79 Å². The Balaban J connectivity index is 1.70. The molecule has 1 fully saturated rings. The van der Waals surface area contributed by atoms with Gasteiger partial charge in [-0.25, -0.2) is 0 Å². The molecule has 0 aliphatic carbocycles. The number of aromatic nitrogens is 1. The van der Waals surface area contributed by atoms with Crippen molar-refractivity contribution in [1.29, 1.82) is 0 Å². The van der Waals surface area contributed by atoms with E-state index in [1.807, 2.05) is 0 Å². The molecule has 1 aliphatic heterocycles. The topological polar surface area (TPSA) is 76.8 Å². The molecule has 0 atom stereocenters. The van der Waals surface area contributed by atoms with Crippen LogP contribution < -0.4 is 10.1 Å². The Morgan fingerprint density at radius 3 is 3.00 bits per heavy atom. The van der Waals surface area contributed by atoms with E-state index in [0.717, 1.165) is 32.8 Å². The molecule has 0 aromatic carbocycles. The fraction of sp³-hybridized carbons (Fsp3) is 0.636. The first-order valence-electron chi connectivity index (χ1n) is 5.88. The number of hydrogen-bond acceptors (Lipinski definition) is 6. The third-order valence-corrected chi connectivity index (χ3v) is 2.74. The molecule has 7 heteroatoms. The van der Waals surface area contributed by atoms with Gasteiger partial charge in [-0.2, -0.15) is 0 Å². The van der Waals surface area contributed by atoms with Crippen molar-refractivity contribution in [2.75, 3.05) is 46.5 Å². The Kier molecular flexibility index (Phi) is 4.54. The van der Waals surface area contributed by atoms with Crippen LogP contribution >= 0.6 is 0 Å². The average molecular weight is 255 g/mol. The van der Waals surface area contributed by atoms with Gasteiger partial charge < -0.3 is 19.3 Å². The average Bonchev–Trinajstić information content (AvgIpc) is 2.89. The molecule has 2 heterocycles. The summed E-state index contributed by atoms with van der Waals surface area (Å²) in [6.45, 7) is 4.71. The number of hydrogen-bond donors (Lipinski definition) is 1. The van der Waals surface area contributed by atoms with Crippen LogP contribution in [0.2, 0.25) is 0 Å². The van der Waals surface area contributed by atoms with Crippen LogP contribution in [-0.4, -0.2) is 62.5 Å². The van der Waals surface area contributed by atoms with Gasteiger partial charge in [-0.1, -0.05) is 0 Å². The quantitative estimate of drug-likeness (QED) is 0.781. The summed E-state index contributed by atoms with van der Waals surface area (Å²) in [5.41, 5.74) is 0. The molecule has 100 valence electrons. The molecule has 0 radical (unpaired) electrons. The number of morpholine rings is 1. The Morgan fingerprint density at radius 1 is 1.56 bits per heavy atom. The SMILES string of the molecule is COc1cc(C(=O)NCCN2CCOCC2)on1. The number of nitrogens with zero attached hydrogens (tertiary/aromatic N) is 2. The molecule has 0 saturated carbocycles. The minimum Gasteiger partial charge on any atom is -0.479 e. The van der Waals surface area contributed by atoms with E-state index in [4.69, 9.17) is 14.0 Å². The summed E-state index contributed by atoms with van der Waals surface area (Å²) in [5.74, 6) is 0.182. The second kappa shape index (κ2) is 6.36. The van der Waals surface area contributed by atoms with Crippen LogP contribution in [0.15, 0.2) is 10.6 Å². The third-order valence-electron chi connectivity index (χ3n) is 2.74. The number of ether oxygens (including phenoxy) is 2. The predicted octanol–water partition coefficient (Wildman–Crippen LogP) is -0.255. The van der Waals surface area contributed by atoms with Gasteiger partial charge in [0.2, 0.25) is 5.76 Å². The highest BCUT2D eigenvalue weighted by atomic mass is 16.5. The van der Waals surface area contributed by atoms with Gasteiger partial charge in [0, 0.05) is 26.2 Å².